The number of aliphatic imine (C=N–C) groups is 1. The van der Waals surface area contributed by atoms with Crippen LogP contribution in [0, 0.1) is 6.92 Å². The summed E-state index contributed by atoms with van der Waals surface area (Å²) in [5.74, 6) is -0.299. The van der Waals surface area contributed by atoms with Crippen molar-refractivity contribution in [1.29, 1.82) is 0 Å². The summed E-state index contributed by atoms with van der Waals surface area (Å²) < 4.78 is 36.6. The van der Waals surface area contributed by atoms with Crippen LogP contribution in [-0.4, -0.2) is 50.1 Å². The Morgan fingerprint density at radius 3 is 2.48 bits per heavy atom. The molecule has 0 unspecified atom stereocenters. The van der Waals surface area contributed by atoms with Gasteiger partial charge in [0, 0.05) is 23.8 Å². The van der Waals surface area contributed by atoms with Crippen LogP contribution in [0.2, 0.25) is 0 Å². The summed E-state index contributed by atoms with van der Waals surface area (Å²) in [6.07, 6.45) is -4.40. The lowest BCUT2D eigenvalue weighted by Crippen LogP contribution is -2.45. The molecule has 1 aromatic heterocycles. The molecule has 0 aliphatic rings. The fourth-order valence-electron chi connectivity index (χ4n) is 1.62. The molecule has 2 N–H and O–H groups in total. The third-order valence-corrected chi connectivity index (χ3v) is 3.70. The van der Waals surface area contributed by atoms with Gasteiger partial charge in [-0.1, -0.05) is 0 Å². The van der Waals surface area contributed by atoms with Crippen molar-refractivity contribution >= 4 is 47.2 Å². The average molecular weight is 464 g/mol. The summed E-state index contributed by atoms with van der Waals surface area (Å²) in [5.41, 5.74) is 0. The van der Waals surface area contributed by atoms with Gasteiger partial charge in [0.25, 0.3) is 0 Å². The second kappa shape index (κ2) is 9.96. The zero-order valence-corrected chi connectivity index (χ0v) is 16.2. The van der Waals surface area contributed by atoms with Gasteiger partial charge in [-0.15, -0.1) is 35.3 Å². The van der Waals surface area contributed by atoms with Crippen molar-refractivity contribution in [2.24, 2.45) is 4.99 Å². The molecule has 0 radical (unpaired) electrons. The number of likely N-dealkylation sites (N-methyl/N-ethyl adjacent to an activating group) is 1. The summed E-state index contributed by atoms with van der Waals surface area (Å²) in [6, 6.07) is 3.97. The molecule has 1 amide bonds. The minimum absolute atomic E-state index is 0. The first-order valence-electron chi connectivity index (χ1n) is 6.52. The number of aryl methyl sites for hydroxylation is 1. The molecule has 0 atom stereocenters. The molecule has 0 aliphatic heterocycles. The summed E-state index contributed by atoms with van der Waals surface area (Å²) in [7, 11) is 2.64. The first-order valence-corrected chi connectivity index (χ1v) is 7.33. The van der Waals surface area contributed by atoms with Gasteiger partial charge in [0.05, 0.1) is 13.1 Å². The molecule has 5 nitrogen and oxygen atoms in total. The third kappa shape index (κ3) is 8.98. The maximum Gasteiger partial charge on any atom is 0.406 e. The van der Waals surface area contributed by atoms with E-state index in [1.807, 2.05) is 19.1 Å². The number of nitrogens with zero attached hydrogens (tertiary/aromatic N) is 2. The van der Waals surface area contributed by atoms with E-state index in [9.17, 15) is 18.0 Å². The molecule has 0 saturated heterocycles. The lowest BCUT2D eigenvalue weighted by Gasteiger charge is -2.19. The number of rotatable bonds is 5. The Labute approximate surface area is 154 Å². The Morgan fingerprint density at radius 1 is 1.35 bits per heavy atom. The Morgan fingerprint density at radius 2 is 2.00 bits per heavy atom. The second-order valence-corrected chi connectivity index (χ2v) is 6.03. The molecule has 23 heavy (non-hydrogen) atoms. The zero-order chi connectivity index (χ0) is 16.8. The molecule has 0 saturated carbocycles. The standard InChI is InChI=1S/C13H19F3N4OS.HI/c1-9-4-5-10(22-9)6-18-12(17-2)19-7-11(21)20(3)8-13(14,15)16;/h4-5H,6-8H2,1-3H3,(H2,17,18,19);1H. The Kier molecular flexibility index (Phi) is 9.51. The van der Waals surface area contributed by atoms with Crippen LogP contribution >= 0.6 is 35.3 Å². The van der Waals surface area contributed by atoms with Crippen molar-refractivity contribution in [1.82, 2.24) is 15.5 Å². The Hall–Kier alpha value is -1.04. The molecule has 0 bridgehead atoms. The second-order valence-electron chi connectivity index (χ2n) is 4.66. The monoisotopic (exact) mass is 464 g/mol. The normalized spacial score (nSPS) is 11.7. The number of carbonyl (C=O) groups excluding carboxylic acids is 1. The molecule has 132 valence electrons. The quantitative estimate of drug-likeness (QED) is 0.400. The SMILES string of the molecule is CN=C(NCC(=O)N(C)CC(F)(F)F)NCc1ccc(C)s1.I. The summed E-state index contributed by atoms with van der Waals surface area (Å²) >= 11 is 1.63. The highest BCUT2D eigenvalue weighted by Gasteiger charge is 2.31. The highest BCUT2D eigenvalue weighted by Crippen LogP contribution is 2.15. The van der Waals surface area contributed by atoms with Crippen molar-refractivity contribution in [3.8, 4) is 0 Å². The van der Waals surface area contributed by atoms with Crippen molar-refractivity contribution in [2.45, 2.75) is 19.6 Å². The van der Waals surface area contributed by atoms with E-state index in [1.54, 1.807) is 11.3 Å². The topological polar surface area (TPSA) is 56.7 Å². The van der Waals surface area contributed by atoms with Gasteiger partial charge in [-0.2, -0.15) is 13.2 Å². The molecule has 10 heteroatoms. The Balaban J connectivity index is 0.00000484. The van der Waals surface area contributed by atoms with E-state index in [1.165, 1.54) is 11.9 Å². The van der Waals surface area contributed by atoms with Gasteiger partial charge >= 0.3 is 6.18 Å². The van der Waals surface area contributed by atoms with Gasteiger partial charge in [-0.3, -0.25) is 9.79 Å². The molecule has 0 aromatic carbocycles. The van der Waals surface area contributed by atoms with Crippen molar-refractivity contribution in [3.05, 3.63) is 21.9 Å². The fourth-order valence-corrected chi connectivity index (χ4v) is 2.45. The molecule has 0 aliphatic carbocycles. The van der Waals surface area contributed by atoms with E-state index in [0.717, 1.165) is 11.9 Å². The van der Waals surface area contributed by atoms with Crippen LogP contribution in [0.4, 0.5) is 13.2 Å². The third-order valence-electron chi connectivity index (χ3n) is 2.70. The minimum Gasteiger partial charge on any atom is -0.352 e. The van der Waals surface area contributed by atoms with E-state index in [-0.39, 0.29) is 30.5 Å². The smallest absolute Gasteiger partial charge is 0.352 e. The molecule has 1 heterocycles. The van der Waals surface area contributed by atoms with Crippen LogP contribution in [0.25, 0.3) is 0 Å². The first kappa shape index (κ1) is 22.0. The number of nitrogens with one attached hydrogen (secondary N) is 2. The zero-order valence-electron chi connectivity index (χ0n) is 13.0. The van der Waals surface area contributed by atoms with Gasteiger partial charge in [0.15, 0.2) is 5.96 Å². The summed E-state index contributed by atoms with van der Waals surface area (Å²) in [6.45, 7) is 1.00. The molecular weight excluding hydrogens is 444 g/mol. The van der Waals surface area contributed by atoms with Crippen LogP contribution in [0.1, 0.15) is 9.75 Å². The highest BCUT2D eigenvalue weighted by atomic mass is 127. The highest BCUT2D eigenvalue weighted by molar-refractivity contribution is 14.0. The molecular formula is C13H20F3IN4OS. The molecule has 0 fully saturated rings. The lowest BCUT2D eigenvalue weighted by molar-refractivity contribution is -0.157. The molecule has 0 spiro atoms. The number of amides is 1. The summed E-state index contributed by atoms with van der Waals surface area (Å²) in [5, 5.41) is 5.70. The molecule has 1 rings (SSSR count). The van der Waals surface area contributed by atoms with Gasteiger partial charge in [-0.05, 0) is 19.1 Å². The molecule has 1 aromatic rings. The predicted octanol–water partition coefficient (Wildman–Crippen LogP) is 2.36. The van der Waals surface area contributed by atoms with Crippen LogP contribution < -0.4 is 10.6 Å². The van der Waals surface area contributed by atoms with Crippen LogP contribution in [0.15, 0.2) is 17.1 Å². The van der Waals surface area contributed by atoms with Gasteiger partial charge in [0.2, 0.25) is 5.91 Å². The number of carbonyl (C=O) groups is 1. The van der Waals surface area contributed by atoms with Crippen LogP contribution in [0.3, 0.4) is 0 Å². The van der Waals surface area contributed by atoms with E-state index >= 15 is 0 Å². The van der Waals surface area contributed by atoms with E-state index in [0.29, 0.717) is 17.4 Å². The van der Waals surface area contributed by atoms with E-state index in [4.69, 9.17) is 0 Å². The van der Waals surface area contributed by atoms with Crippen LogP contribution in [0.5, 0.6) is 0 Å². The fraction of sp³-hybridized carbons (Fsp3) is 0.538. The predicted molar refractivity (Wildman–Crippen MR) is 96.4 cm³/mol. The number of thiophene rings is 1. The maximum absolute atomic E-state index is 12.2. The number of hydrogen-bond donors (Lipinski definition) is 2. The average Bonchev–Trinajstić information content (AvgIpc) is 2.82. The largest absolute Gasteiger partial charge is 0.406 e. The Bertz CT molecular complexity index is 534. The van der Waals surface area contributed by atoms with E-state index in [2.05, 4.69) is 15.6 Å². The van der Waals surface area contributed by atoms with Crippen molar-refractivity contribution < 1.29 is 18.0 Å². The van der Waals surface area contributed by atoms with Gasteiger partial charge in [-0.25, -0.2) is 0 Å². The van der Waals surface area contributed by atoms with Gasteiger partial charge < -0.3 is 15.5 Å². The number of alkyl halides is 3. The lowest BCUT2D eigenvalue weighted by atomic mass is 10.4. The summed E-state index contributed by atoms with van der Waals surface area (Å²) in [4.78, 5) is 18.4. The number of guanidine groups is 1. The number of halogens is 4. The van der Waals surface area contributed by atoms with Crippen LogP contribution in [-0.2, 0) is 11.3 Å². The minimum atomic E-state index is -4.40. The van der Waals surface area contributed by atoms with Gasteiger partial charge in [0.1, 0.15) is 6.54 Å². The van der Waals surface area contributed by atoms with Crippen molar-refractivity contribution in [2.75, 3.05) is 27.2 Å². The maximum atomic E-state index is 12.2. The van der Waals surface area contributed by atoms with Crippen molar-refractivity contribution in [3.63, 3.8) is 0 Å². The first-order chi connectivity index (χ1) is 10.2. The number of hydrogen-bond acceptors (Lipinski definition) is 3. The van der Waals surface area contributed by atoms with E-state index < -0.39 is 18.6 Å².